The number of hydrogen-bond acceptors (Lipinski definition) is 3. The molecule has 2 rings (SSSR count). The summed E-state index contributed by atoms with van der Waals surface area (Å²) < 4.78 is 14.5. The molecule has 2 aromatic carbocycles. The highest BCUT2D eigenvalue weighted by Gasteiger charge is 2.20. The van der Waals surface area contributed by atoms with Gasteiger partial charge < -0.3 is 5.32 Å². The van der Waals surface area contributed by atoms with Crippen LogP contribution in [0.5, 0.6) is 0 Å². The predicted octanol–water partition coefficient (Wildman–Crippen LogP) is 4.86. The largest absolute Gasteiger partial charge is 0.349 e. The van der Waals surface area contributed by atoms with Crippen LogP contribution in [0.2, 0.25) is 0 Å². The fourth-order valence-electron chi connectivity index (χ4n) is 2.04. The Morgan fingerprint density at radius 1 is 1.25 bits per heavy atom. The van der Waals surface area contributed by atoms with Crippen LogP contribution < -0.4 is 5.32 Å². The fourth-order valence-corrected chi connectivity index (χ4v) is 2.73. The summed E-state index contributed by atoms with van der Waals surface area (Å²) >= 11 is 3.39. The molecule has 0 aliphatic heterocycles. The molecule has 0 spiro atoms. The zero-order valence-corrected chi connectivity index (χ0v) is 12.5. The van der Waals surface area contributed by atoms with Gasteiger partial charge in [-0.05, 0) is 49.2 Å². The first-order valence-corrected chi connectivity index (χ1v) is 6.66. The number of nitrogens with one attached hydrogen (secondary N) is 1. The first-order valence-electron chi connectivity index (χ1n) is 5.87. The number of benzene rings is 2. The molecule has 0 atom stereocenters. The Morgan fingerprint density at radius 2 is 1.85 bits per heavy atom. The van der Waals surface area contributed by atoms with E-state index in [1.165, 1.54) is 12.1 Å². The van der Waals surface area contributed by atoms with Gasteiger partial charge in [0.15, 0.2) is 0 Å². The molecule has 0 aliphatic rings. The molecule has 0 radical (unpaired) electrons. The van der Waals surface area contributed by atoms with Gasteiger partial charge in [-0.15, -0.1) is 0 Å². The van der Waals surface area contributed by atoms with E-state index in [1.54, 1.807) is 0 Å². The van der Waals surface area contributed by atoms with Crippen molar-refractivity contribution in [3.05, 3.63) is 61.9 Å². The molecule has 0 fully saturated rings. The van der Waals surface area contributed by atoms with Crippen LogP contribution in [0.1, 0.15) is 11.1 Å². The molecule has 0 saturated carbocycles. The highest BCUT2D eigenvalue weighted by molar-refractivity contribution is 9.10. The number of nitrogens with zero attached hydrogens (tertiary/aromatic N) is 1. The van der Waals surface area contributed by atoms with Gasteiger partial charge in [0, 0.05) is 10.2 Å². The van der Waals surface area contributed by atoms with Crippen LogP contribution in [-0.2, 0) is 0 Å². The number of hydrogen-bond donors (Lipinski definition) is 1. The molecule has 0 bridgehead atoms. The van der Waals surface area contributed by atoms with Gasteiger partial charge in [-0.3, -0.25) is 10.1 Å². The lowest BCUT2D eigenvalue weighted by Crippen LogP contribution is -2.02. The van der Waals surface area contributed by atoms with Crippen LogP contribution in [-0.4, -0.2) is 4.92 Å². The van der Waals surface area contributed by atoms with Crippen molar-refractivity contribution in [3.63, 3.8) is 0 Å². The third kappa shape index (κ3) is 2.80. The smallest absolute Gasteiger partial charge is 0.327 e. The molecule has 0 aromatic heterocycles. The van der Waals surface area contributed by atoms with Gasteiger partial charge >= 0.3 is 5.69 Å². The standard InChI is InChI=1S/C14H12BrFN2O2/c1-8-6-10(15)7-9(2)13(8)17-12-5-3-4-11(16)14(12)18(19)20/h3-7,17H,1-2H3. The molecule has 2 aromatic rings. The Kier molecular flexibility index (Phi) is 4.04. The number of rotatable bonds is 3. The molecule has 0 unspecified atom stereocenters. The van der Waals surface area contributed by atoms with Gasteiger partial charge in [-0.25, -0.2) is 0 Å². The lowest BCUT2D eigenvalue weighted by atomic mass is 10.1. The Balaban J connectivity index is 2.51. The van der Waals surface area contributed by atoms with Gasteiger partial charge in [0.25, 0.3) is 0 Å². The van der Waals surface area contributed by atoms with Crippen LogP contribution in [0.4, 0.5) is 21.5 Å². The number of aryl methyl sites for hydroxylation is 2. The molecule has 6 heteroatoms. The van der Waals surface area contributed by atoms with Gasteiger partial charge in [0.1, 0.15) is 5.69 Å². The summed E-state index contributed by atoms with van der Waals surface area (Å²) in [6, 6.07) is 7.78. The molecule has 20 heavy (non-hydrogen) atoms. The quantitative estimate of drug-likeness (QED) is 0.642. The van der Waals surface area contributed by atoms with Crippen molar-refractivity contribution >= 4 is 33.0 Å². The van der Waals surface area contributed by atoms with Crippen molar-refractivity contribution in [2.24, 2.45) is 0 Å². The van der Waals surface area contributed by atoms with Crippen molar-refractivity contribution in [3.8, 4) is 0 Å². The fraction of sp³-hybridized carbons (Fsp3) is 0.143. The van der Waals surface area contributed by atoms with Crippen LogP contribution >= 0.6 is 15.9 Å². The van der Waals surface area contributed by atoms with Crippen molar-refractivity contribution in [1.29, 1.82) is 0 Å². The molecular weight excluding hydrogens is 327 g/mol. The van der Waals surface area contributed by atoms with Gasteiger partial charge in [-0.1, -0.05) is 22.0 Å². The minimum absolute atomic E-state index is 0.142. The summed E-state index contributed by atoms with van der Waals surface area (Å²) in [5.41, 5.74) is 2.16. The molecule has 0 aliphatic carbocycles. The van der Waals surface area contributed by atoms with E-state index in [2.05, 4.69) is 21.2 Å². The third-order valence-corrected chi connectivity index (χ3v) is 3.38. The summed E-state index contributed by atoms with van der Waals surface area (Å²) in [6.07, 6.45) is 0. The monoisotopic (exact) mass is 338 g/mol. The summed E-state index contributed by atoms with van der Waals surface area (Å²) in [6.45, 7) is 3.76. The Hall–Kier alpha value is -1.95. The van der Waals surface area contributed by atoms with Crippen LogP contribution in [0.25, 0.3) is 0 Å². The second-order valence-corrected chi connectivity index (χ2v) is 5.35. The van der Waals surface area contributed by atoms with E-state index in [1.807, 2.05) is 26.0 Å². The van der Waals surface area contributed by atoms with E-state index in [0.29, 0.717) is 0 Å². The number of para-hydroxylation sites is 1. The highest BCUT2D eigenvalue weighted by atomic mass is 79.9. The minimum Gasteiger partial charge on any atom is -0.349 e. The van der Waals surface area contributed by atoms with Gasteiger partial charge in [0.05, 0.1) is 4.92 Å². The van der Waals surface area contributed by atoms with E-state index >= 15 is 0 Å². The Labute approximate surface area is 123 Å². The zero-order chi connectivity index (χ0) is 14.9. The Morgan fingerprint density at radius 3 is 2.40 bits per heavy atom. The predicted molar refractivity (Wildman–Crippen MR) is 80.0 cm³/mol. The average Bonchev–Trinajstić information content (AvgIpc) is 2.33. The van der Waals surface area contributed by atoms with E-state index in [9.17, 15) is 14.5 Å². The van der Waals surface area contributed by atoms with Crippen LogP contribution in [0, 0.1) is 29.8 Å². The maximum Gasteiger partial charge on any atom is 0.327 e. The number of nitro groups is 1. The molecule has 104 valence electrons. The maximum atomic E-state index is 13.6. The normalized spacial score (nSPS) is 10.4. The van der Waals surface area contributed by atoms with Crippen molar-refractivity contribution < 1.29 is 9.31 Å². The number of nitro benzene ring substituents is 1. The summed E-state index contributed by atoms with van der Waals surface area (Å²) in [4.78, 5) is 10.3. The summed E-state index contributed by atoms with van der Waals surface area (Å²) in [5, 5.41) is 13.9. The lowest BCUT2D eigenvalue weighted by molar-refractivity contribution is -0.386. The van der Waals surface area contributed by atoms with Crippen molar-refractivity contribution in [2.45, 2.75) is 13.8 Å². The molecule has 0 heterocycles. The van der Waals surface area contributed by atoms with E-state index < -0.39 is 16.4 Å². The van der Waals surface area contributed by atoms with E-state index in [0.717, 1.165) is 27.4 Å². The van der Waals surface area contributed by atoms with Crippen molar-refractivity contribution in [2.75, 3.05) is 5.32 Å². The minimum atomic E-state index is -0.854. The lowest BCUT2D eigenvalue weighted by Gasteiger charge is -2.13. The SMILES string of the molecule is Cc1cc(Br)cc(C)c1Nc1cccc(F)c1[N+](=O)[O-]. The van der Waals surface area contributed by atoms with Crippen LogP contribution in [0.3, 0.4) is 0 Å². The van der Waals surface area contributed by atoms with E-state index in [4.69, 9.17) is 0 Å². The first kappa shape index (κ1) is 14.5. The zero-order valence-electron chi connectivity index (χ0n) is 10.9. The van der Waals surface area contributed by atoms with Crippen molar-refractivity contribution in [1.82, 2.24) is 0 Å². The topological polar surface area (TPSA) is 55.2 Å². The molecule has 0 saturated heterocycles. The second-order valence-electron chi connectivity index (χ2n) is 4.43. The van der Waals surface area contributed by atoms with Gasteiger partial charge in [0.2, 0.25) is 5.82 Å². The van der Waals surface area contributed by atoms with Gasteiger partial charge in [-0.2, -0.15) is 4.39 Å². The van der Waals surface area contributed by atoms with Crippen LogP contribution in [0.15, 0.2) is 34.8 Å². The number of halogens is 2. The van der Waals surface area contributed by atoms with E-state index in [-0.39, 0.29) is 5.69 Å². The summed E-state index contributed by atoms with van der Waals surface area (Å²) in [7, 11) is 0. The second kappa shape index (κ2) is 5.58. The summed E-state index contributed by atoms with van der Waals surface area (Å²) in [5.74, 6) is -0.854. The third-order valence-electron chi connectivity index (χ3n) is 2.93. The molecular formula is C14H12BrFN2O2. The molecule has 0 amide bonds. The highest BCUT2D eigenvalue weighted by Crippen LogP contribution is 2.33. The maximum absolute atomic E-state index is 13.6. The number of anilines is 2. The first-order chi connectivity index (χ1) is 9.40. The molecule has 1 N–H and O–H groups in total. The Bertz CT molecular complexity index is 666. The average molecular weight is 339 g/mol. The molecule has 4 nitrogen and oxygen atoms in total.